The van der Waals surface area contributed by atoms with Crippen molar-refractivity contribution in [3.8, 4) is 0 Å². The maximum atomic E-state index is 5.41. The van der Waals surface area contributed by atoms with E-state index in [4.69, 9.17) is 4.74 Å². The van der Waals surface area contributed by atoms with Gasteiger partial charge in [0.2, 0.25) is 0 Å². The van der Waals surface area contributed by atoms with E-state index in [2.05, 4.69) is 51.3 Å². The molecule has 1 saturated heterocycles. The SMILES string of the molecule is CNC(C)c1cc(Br)ccc1N1CCOCC1. The molecular weight excluding hydrogens is 280 g/mol. The third-order valence-electron chi connectivity index (χ3n) is 3.24. The molecule has 1 N–H and O–H groups in total. The van der Waals surface area contributed by atoms with Gasteiger partial charge in [0, 0.05) is 29.3 Å². The van der Waals surface area contributed by atoms with Crippen molar-refractivity contribution >= 4 is 21.6 Å². The largest absolute Gasteiger partial charge is 0.378 e. The highest BCUT2D eigenvalue weighted by Gasteiger charge is 2.17. The van der Waals surface area contributed by atoms with Gasteiger partial charge in [0.15, 0.2) is 0 Å². The van der Waals surface area contributed by atoms with Gasteiger partial charge in [-0.15, -0.1) is 0 Å². The van der Waals surface area contributed by atoms with Crippen LogP contribution in [0.2, 0.25) is 0 Å². The molecule has 1 aromatic carbocycles. The highest BCUT2D eigenvalue weighted by Crippen LogP contribution is 2.29. The van der Waals surface area contributed by atoms with E-state index in [0.29, 0.717) is 6.04 Å². The molecule has 1 aliphatic rings. The lowest BCUT2D eigenvalue weighted by atomic mass is 10.0. The molecule has 3 nitrogen and oxygen atoms in total. The zero-order valence-electron chi connectivity index (χ0n) is 10.4. The normalized spacial score (nSPS) is 18.2. The zero-order chi connectivity index (χ0) is 12.3. The Morgan fingerprint density at radius 3 is 2.71 bits per heavy atom. The van der Waals surface area contributed by atoms with Gasteiger partial charge in [0.1, 0.15) is 0 Å². The number of rotatable bonds is 3. The maximum Gasteiger partial charge on any atom is 0.0642 e. The van der Waals surface area contributed by atoms with Gasteiger partial charge in [-0.25, -0.2) is 0 Å². The first-order valence-electron chi connectivity index (χ1n) is 6.02. The van der Waals surface area contributed by atoms with Crippen molar-refractivity contribution in [2.45, 2.75) is 13.0 Å². The molecule has 1 unspecified atom stereocenters. The number of morpholine rings is 1. The molecule has 4 heteroatoms. The lowest BCUT2D eigenvalue weighted by Gasteiger charge is -2.32. The molecule has 94 valence electrons. The Balaban J connectivity index is 2.30. The zero-order valence-corrected chi connectivity index (χ0v) is 12.0. The van der Waals surface area contributed by atoms with Crippen LogP contribution in [0.4, 0.5) is 5.69 Å². The number of halogens is 1. The smallest absolute Gasteiger partial charge is 0.0642 e. The van der Waals surface area contributed by atoms with Gasteiger partial charge in [-0.2, -0.15) is 0 Å². The van der Waals surface area contributed by atoms with Crippen molar-refractivity contribution < 1.29 is 4.74 Å². The summed E-state index contributed by atoms with van der Waals surface area (Å²) in [6.07, 6.45) is 0. The number of benzene rings is 1. The quantitative estimate of drug-likeness (QED) is 0.928. The maximum absolute atomic E-state index is 5.41. The van der Waals surface area contributed by atoms with Gasteiger partial charge < -0.3 is 15.0 Å². The van der Waals surface area contributed by atoms with Crippen molar-refractivity contribution in [1.82, 2.24) is 5.32 Å². The number of nitrogens with one attached hydrogen (secondary N) is 1. The number of ether oxygens (including phenoxy) is 1. The molecular formula is C13H19BrN2O. The Morgan fingerprint density at radius 1 is 1.35 bits per heavy atom. The molecule has 0 amide bonds. The van der Waals surface area contributed by atoms with Crippen LogP contribution in [0.1, 0.15) is 18.5 Å². The number of hydrogen-bond acceptors (Lipinski definition) is 3. The highest BCUT2D eigenvalue weighted by molar-refractivity contribution is 9.10. The second kappa shape index (κ2) is 5.85. The topological polar surface area (TPSA) is 24.5 Å². The van der Waals surface area contributed by atoms with Crippen molar-refractivity contribution in [3.05, 3.63) is 28.2 Å². The summed E-state index contributed by atoms with van der Waals surface area (Å²) >= 11 is 3.55. The van der Waals surface area contributed by atoms with Gasteiger partial charge in [-0.3, -0.25) is 0 Å². The second-order valence-electron chi connectivity index (χ2n) is 4.31. The minimum Gasteiger partial charge on any atom is -0.378 e. The highest BCUT2D eigenvalue weighted by atomic mass is 79.9. The van der Waals surface area contributed by atoms with Crippen LogP contribution in [0.3, 0.4) is 0 Å². The molecule has 1 fully saturated rings. The third-order valence-corrected chi connectivity index (χ3v) is 3.73. The predicted octanol–water partition coefficient (Wildman–Crippen LogP) is 2.57. The number of nitrogens with zero attached hydrogens (tertiary/aromatic N) is 1. The van der Waals surface area contributed by atoms with E-state index in [-0.39, 0.29) is 0 Å². The van der Waals surface area contributed by atoms with Crippen molar-refractivity contribution in [3.63, 3.8) is 0 Å². The van der Waals surface area contributed by atoms with Gasteiger partial charge in [-0.05, 0) is 37.7 Å². The lowest BCUT2D eigenvalue weighted by molar-refractivity contribution is 0.122. The molecule has 17 heavy (non-hydrogen) atoms. The van der Waals surface area contributed by atoms with Crippen LogP contribution in [0.5, 0.6) is 0 Å². The van der Waals surface area contributed by atoms with Crippen LogP contribution in [0, 0.1) is 0 Å². The fraction of sp³-hybridized carbons (Fsp3) is 0.538. The van der Waals surface area contributed by atoms with Crippen LogP contribution < -0.4 is 10.2 Å². The summed E-state index contributed by atoms with van der Waals surface area (Å²) < 4.78 is 6.54. The summed E-state index contributed by atoms with van der Waals surface area (Å²) in [5, 5.41) is 3.31. The van der Waals surface area contributed by atoms with Gasteiger partial charge in [-0.1, -0.05) is 15.9 Å². The Kier molecular flexibility index (Phi) is 4.42. The Morgan fingerprint density at radius 2 is 2.06 bits per heavy atom. The molecule has 0 aromatic heterocycles. The molecule has 1 aliphatic heterocycles. The number of anilines is 1. The average molecular weight is 299 g/mol. The van der Waals surface area contributed by atoms with Crippen LogP contribution >= 0.6 is 15.9 Å². The van der Waals surface area contributed by atoms with Gasteiger partial charge in [0.25, 0.3) is 0 Å². The minimum absolute atomic E-state index is 0.352. The summed E-state index contributed by atoms with van der Waals surface area (Å²) in [7, 11) is 1.99. The van der Waals surface area contributed by atoms with E-state index in [1.54, 1.807) is 0 Å². The van der Waals surface area contributed by atoms with Gasteiger partial charge >= 0.3 is 0 Å². The Hall–Kier alpha value is -0.580. The monoisotopic (exact) mass is 298 g/mol. The van der Waals surface area contributed by atoms with Crippen molar-refractivity contribution in [2.75, 3.05) is 38.3 Å². The molecule has 1 aromatic rings. The Labute approximate surface area is 111 Å². The average Bonchev–Trinajstić information content (AvgIpc) is 2.38. The van der Waals surface area contributed by atoms with E-state index < -0.39 is 0 Å². The predicted molar refractivity (Wildman–Crippen MR) is 74.6 cm³/mol. The third kappa shape index (κ3) is 3.00. The van der Waals surface area contributed by atoms with Crippen LogP contribution in [-0.2, 0) is 4.74 Å². The fourth-order valence-electron chi connectivity index (χ4n) is 2.12. The first kappa shape index (κ1) is 12.9. The Bertz CT molecular complexity index is 378. The molecule has 0 saturated carbocycles. The summed E-state index contributed by atoms with van der Waals surface area (Å²) in [5.74, 6) is 0. The molecule has 1 heterocycles. The van der Waals surface area contributed by atoms with Gasteiger partial charge in [0.05, 0.1) is 13.2 Å². The summed E-state index contributed by atoms with van der Waals surface area (Å²) in [4.78, 5) is 2.40. The first-order chi connectivity index (χ1) is 8.22. The number of hydrogen-bond donors (Lipinski definition) is 1. The summed E-state index contributed by atoms with van der Waals surface area (Å²) in [6, 6.07) is 6.85. The lowest BCUT2D eigenvalue weighted by Crippen LogP contribution is -2.37. The van der Waals surface area contributed by atoms with E-state index in [0.717, 1.165) is 30.8 Å². The van der Waals surface area contributed by atoms with Crippen molar-refractivity contribution in [2.24, 2.45) is 0 Å². The summed E-state index contributed by atoms with van der Waals surface area (Å²) in [6.45, 7) is 5.79. The molecule has 0 bridgehead atoms. The first-order valence-corrected chi connectivity index (χ1v) is 6.81. The second-order valence-corrected chi connectivity index (χ2v) is 5.23. The van der Waals surface area contributed by atoms with Crippen LogP contribution in [0.25, 0.3) is 0 Å². The van der Waals surface area contributed by atoms with E-state index >= 15 is 0 Å². The van der Waals surface area contributed by atoms with Crippen LogP contribution in [0.15, 0.2) is 22.7 Å². The van der Waals surface area contributed by atoms with E-state index in [1.165, 1.54) is 11.3 Å². The fourth-order valence-corrected chi connectivity index (χ4v) is 2.50. The minimum atomic E-state index is 0.352. The van der Waals surface area contributed by atoms with Crippen LogP contribution in [-0.4, -0.2) is 33.4 Å². The molecule has 0 radical (unpaired) electrons. The molecule has 1 atom stereocenters. The molecule has 0 aliphatic carbocycles. The standard InChI is InChI=1S/C13H19BrN2O/c1-10(15-2)12-9-11(14)3-4-13(12)16-5-7-17-8-6-16/h3-4,9-10,15H,5-8H2,1-2H3. The molecule has 0 spiro atoms. The van der Waals surface area contributed by atoms with E-state index in [9.17, 15) is 0 Å². The van der Waals surface area contributed by atoms with Crippen molar-refractivity contribution in [1.29, 1.82) is 0 Å². The van der Waals surface area contributed by atoms with E-state index in [1.807, 2.05) is 7.05 Å². The summed E-state index contributed by atoms with van der Waals surface area (Å²) in [5.41, 5.74) is 2.65. The molecule has 2 rings (SSSR count).